The van der Waals surface area contributed by atoms with Gasteiger partial charge < -0.3 is 4.55 Å². The van der Waals surface area contributed by atoms with E-state index < -0.39 is 27.6 Å². The highest BCUT2D eigenvalue weighted by molar-refractivity contribution is 7.79. The summed E-state index contributed by atoms with van der Waals surface area (Å²) < 4.78 is 43.9. The van der Waals surface area contributed by atoms with E-state index >= 15 is 0 Å². The first-order chi connectivity index (χ1) is 5.52. The third kappa shape index (κ3) is 1.80. The second-order valence-corrected chi connectivity index (χ2v) is 3.29. The Kier molecular flexibility index (Phi) is 2.76. The molecule has 0 bridgehead atoms. The van der Waals surface area contributed by atoms with Gasteiger partial charge in [0.15, 0.2) is 11.1 Å². The van der Waals surface area contributed by atoms with E-state index in [4.69, 9.17) is 16.2 Å². The van der Waals surface area contributed by atoms with Gasteiger partial charge in [-0.2, -0.15) is 0 Å². The molecular formula is C6H3ClF2O2S. The third-order valence-electron chi connectivity index (χ3n) is 1.16. The van der Waals surface area contributed by atoms with E-state index in [9.17, 15) is 13.0 Å². The minimum absolute atomic E-state index is 0.381. The van der Waals surface area contributed by atoms with Crippen LogP contribution in [0.4, 0.5) is 8.78 Å². The van der Waals surface area contributed by atoms with Crippen molar-refractivity contribution in [1.82, 2.24) is 0 Å². The van der Waals surface area contributed by atoms with Crippen LogP contribution in [0.5, 0.6) is 0 Å². The standard InChI is InChI=1S/C6H3ClF2O2S/c7-3-1-6(12(10)11)5(9)2-4(3)8/h1-2H,(H,10,11). The van der Waals surface area contributed by atoms with Crippen molar-refractivity contribution in [3.8, 4) is 0 Å². The van der Waals surface area contributed by atoms with Crippen molar-refractivity contribution in [2.45, 2.75) is 4.90 Å². The Bertz CT molecular complexity index is 343. The molecule has 2 nitrogen and oxygen atoms in total. The molecule has 0 heterocycles. The summed E-state index contributed by atoms with van der Waals surface area (Å²) in [6.45, 7) is 0. The Balaban J connectivity index is 3.33. The summed E-state index contributed by atoms with van der Waals surface area (Å²) in [6.07, 6.45) is 0. The maximum absolute atomic E-state index is 12.6. The van der Waals surface area contributed by atoms with Crippen molar-refractivity contribution in [3.63, 3.8) is 0 Å². The molecule has 0 saturated carbocycles. The van der Waals surface area contributed by atoms with Gasteiger partial charge in [0.25, 0.3) is 0 Å². The van der Waals surface area contributed by atoms with E-state index in [-0.39, 0.29) is 5.02 Å². The van der Waals surface area contributed by atoms with Crippen molar-refractivity contribution >= 4 is 22.7 Å². The normalized spacial score (nSPS) is 13.0. The summed E-state index contributed by atoms with van der Waals surface area (Å²) in [7, 11) is 0. The molecule has 0 amide bonds. The van der Waals surface area contributed by atoms with Gasteiger partial charge >= 0.3 is 0 Å². The van der Waals surface area contributed by atoms with Crippen LogP contribution < -0.4 is 0 Å². The SMILES string of the molecule is O=S(O)c1cc(Cl)c(F)cc1F. The Morgan fingerprint density at radius 2 is 1.92 bits per heavy atom. The van der Waals surface area contributed by atoms with Crippen LogP contribution in [0.3, 0.4) is 0 Å². The molecular weight excluding hydrogens is 210 g/mol. The van der Waals surface area contributed by atoms with Crippen molar-refractivity contribution < 1.29 is 17.5 Å². The molecule has 66 valence electrons. The van der Waals surface area contributed by atoms with Gasteiger partial charge in [0.1, 0.15) is 16.5 Å². The number of hydrogen-bond acceptors (Lipinski definition) is 1. The lowest BCUT2D eigenvalue weighted by Gasteiger charge is -1.98. The van der Waals surface area contributed by atoms with Gasteiger partial charge in [-0.15, -0.1) is 0 Å². The van der Waals surface area contributed by atoms with E-state index in [1.165, 1.54) is 0 Å². The Morgan fingerprint density at radius 1 is 1.33 bits per heavy atom. The van der Waals surface area contributed by atoms with Gasteiger partial charge in [-0.1, -0.05) is 11.6 Å². The monoisotopic (exact) mass is 212 g/mol. The van der Waals surface area contributed by atoms with E-state index in [1.807, 2.05) is 0 Å². The molecule has 1 aromatic rings. The molecule has 1 N–H and O–H groups in total. The molecule has 1 atom stereocenters. The van der Waals surface area contributed by atoms with Crippen LogP contribution in [0.15, 0.2) is 17.0 Å². The third-order valence-corrected chi connectivity index (χ3v) is 2.14. The second kappa shape index (κ2) is 3.47. The molecule has 0 aliphatic rings. The first-order valence-electron chi connectivity index (χ1n) is 2.78. The maximum atomic E-state index is 12.6. The van der Waals surface area contributed by atoms with Crippen LogP contribution in [0, 0.1) is 11.6 Å². The summed E-state index contributed by atoms with van der Waals surface area (Å²) in [5, 5.41) is -0.381. The molecule has 0 aliphatic heterocycles. The van der Waals surface area contributed by atoms with E-state index in [0.29, 0.717) is 6.07 Å². The lowest BCUT2D eigenvalue weighted by atomic mass is 10.3. The number of hydrogen-bond donors (Lipinski definition) is 1. The molecule has 0 radical (unpaired) electrons. The van der Waals surface area contributed by atoms with Crippen LogP contribution in [-0.4, -0.2) is 8.76 Å². The zero-order chi connectivity index (χ0) is 9.30. The molecule has 0 fully saturated rings. The minimum Gasteiger partial charge on any atom is -0.302 e. The molecule has 0 saturated heterocycles. The number of benzene rings is 1. The van der Waals surface area contributed by atoms with Crippen LogP contribution in [0.1, 0.15) is 0 Å². The molecule has 1 unspecified atom stereocenters. The van der Waals surface area contributed by atoms with Crippen molar-refractivity contribution in [2.24, 2.45) is 0 Å². The number of rotatable bonds is 1. The van der Waals surface area contributed by atoms with Crippen molar-refractivity contribution in [3.05, 3.63) is 28.8 Å². The van der Waals surface area contributed by atoms with Crippen LogP contribution in [0.25, 0.3) is 0 Å². The van der Waals surface area contributed by atoms with Gasteiger partial charge in [-0.05, 0) is 6.07 Å². The summed E-state index contributed by atoms with van der Waals surface area (Å²) in [4.78, 5) is -0.526. The molecule has 0 spiro atoms. The molecule has 6 heteroatoms. The summed E-state index contributed by atoms with van der Waals surface area (Å²) in [5.41, 5.74) is 0. The van der Waals surface area contributed by atoms with E-state index in [0.717, 1.165) is 6.07 Å². The Morgan fingerprint density at radius 3 is 2.42 bits per heavy atom. The topological polar surface area (TPSA) is 37.3 Å². The summed E-state index contributed by atoms with van der Waals surface area (Å²) in [6, 6.07) is 1.24. The summed E-state index contributed by atoms with van der Waals surface area (Å²) in [5.74, 6) is -2.04. The molecule has 12 heavy (non-hydrogen) atoms. The van der Waals surface area contributed by atoms with Gasteiger partial charge in [0.05, 0.1) is 5.02 Å². The van der Waals surface area contributed by atoms with Gasteiger partial charge in [0.2, 0.25) is 0 Å². The zero-order valence-electron chi connectivity index (χ0n) is 5.55. The highest BCUT2D eigenvalue weighted by Crippen LogP contribution is 2.20. The predicted octanol–water partition coefficient (Wildman–Crippen LogP) is 2.20. The molecule has 0 aromatic heterocycles. The molecule has 0 aliphatic carbocycles. The first-order valence-corrected chi connectivity index (χ1v) is 4.26. The number of halogens is 3. The molecule has 1 aromatic carbocycles. The van der Waals surface area contributed by atoms with Gasteiger partial charge in [-0.3, -0.25) is 0 Å². The van der Waals surface area contributed by atoms with Gasteiger partial charge in [-0.25, -0.2) is 13.0 Å². The van der Waals surface area contributed by atoms with Crippen LogP contribution >= 0.6 is 11.6 Å². The zero-order valence-corrected chi connectivity index (χ0v) is 7.12. The predicted molar refractivity (Wildman–Crippen MR) is 40.4 cm³/mol. The van der Waals surface area contributed by atoms with Crippen molar-refractivity contribution in [2.75, 3.05) is 0 Å². The first kappa shape index (κ1) is 9.57. The second-order valence-electron chi connectivity index (χ2n) is 1.95. The lowest BCUT2D eigenvalue weighted by molar-refractivity contribution is 0.534. The van der Waals surface area contributed by atoms with E-state index in [1.54, 1.807) is 0 Å². The Labute approximate surface area is 74.4 Å². The fourth-order valence-corrected chi connectivity index (χ4v) is 1.31. The smallest absolute Gasteiger partial charge is 0.189 e. The lowest BCUT2D eigenvalue weighted by Crippen LogP contribution is -1.94. The molecule has 1 rings (SSSR count). The van der Waals surface area contributed by atoms with Crippen LogP contribution in [-0.2, 0) is 11.1 Å². The summed E-state index contributed by atoms with van der Waals surface area (Å²) >= 11 is 2.76. The van der Waals surface area contributed by atoms with Crippen LogP contribution in [0.2, 0.25) is 5.02 Å². The van der Waals surface area contributed by atoms with Gasteiger partial charge in [0, 0.05) is 6.07 Å². The average molecular weight is 213 g/mol. The van der Waals surface area contributed by atoms with Crippen molar-refractivity contribution in [1.29, 1.82) is 0 Å². The maximum Gasteiger partial charge on any atom is 0.189 e. The highest BCUT2D eigenvalue weighted by Gasteiger charge is 2.12. The largest absolute Gasteiger partial charge is 0.302 e. The fraction of sp³-hybridized carbons (Fsp3) is 0. The highest BCUT2D eigenvalue weighted by atomic mass is 35.5. The minimum atomic E-state index is -2.49. The average Bonchev–Trinajstić information content (AvgIpc) is 1.96. The Hall–Kier alpha value is -0.520. The van der Waals surface area contributed by atoms with E-state index in [2.05, 4.69) is 0 Å². The fourth-order valence-electron chi connectivity index (χ4n) is 0.638. The quantitative estimate of drug-likeness (QED) is 0.572.